The zero-order chi connectivity index (χ0) is 15.9. The first-order chi connectivity index (χ1) is 9.85. The van der Waals surface area contributed by atoms with Gasteiger partial charge in [0.05, 0.1) is 7.11 Å². The summed E-state index contributed by atoms with van der Waals surface area (Å²) in [5.74, 6) is -0.217. The third-order valence-electron chi connectivity index (χ3n) is 2.87. The molecule has 7 heteroatoms. The van der Waals surface area contributed by atoms with Crippen molar-refractivity contribution >= 4 is 5.97 Å². The highest BCUT2D eigenvalue weighted by Gasteiger charge is 2.31. The number of carbonyl (C=O) groups is 1. The third kappa shape index (κ3) is 6.48. The lowest BCUT2D eigenvalue weighted by molar-refractivity contribution is -0.187. The maximum absolute atomic E-state index is 12.0. The van der Waals surface area contributed by atoms with Crippen molar-refractivity contribution in [3.63, 3.8) is 0 Å². The summed E-state index contributed by atoms with van der Waals surface area (Å²) in [7, 11) is 3.05. The maximum Gasteiger partial charge on any atom is 0.422 e. The van der Waals surface area contributed by atoms with E-state index < -0.39 is 24.8 Å². The molecule has 0 radical (unpaired) electrons. The monoisotopic (exact) mass is 305 g/mol. The summed E-state index contributed by atoms with van der Waals surface area (Å²) in [6.45, 7) is -1.57. The lowest BCUT2D eigenvalue weighted by Gasteiger charge is -2.16. The fourth-order valence-corrected chi connectivity index (χ4v) is 1.77. The molecule has 0 spiro atoms. The molecule has 0 fully saturated rings. The molecule has 0 aromatic heterocycles. The van der Waals surface area contributed by atoms with E-state index in [-0.39, 0.29) is 0 Å². The maximum atomic E-state index is 12.0. The van der Waals surface area contributed by atoms with E-state index in [9.17, 15) is 18.0 Å². The number of aryl methyl sites for hydroxylation is 1. The van der Waals surface area contributed by atoms with Crippen LogP contribution in [-0.2, 0) is 16.0 Å². The van der Waals surface area contributed by atoms with Crippen molar-refractivity contribution in [2.75, 3.05) is 20.8 Å². The van der Waals surface area contributed by atoms with Gasteiger partial charge in [-0.1, -0.05) is 12.1 Å². The molecule has 0 aliphatic carbocycles. The molecule has 4 nitrogen and oxygen atoms in total. The van der Waals surface area contributed by atoms with Crippen LogP contribution in [0.5, 0.6) is 5.75 Å². The number of methoxy groups -OCH3 is 1. The summed E-state index contributed by atoms with van der Waals surface area (Å²) in [4.78, 5) is 11.6. The Labute approximate surface area is 121 Å². The van der Waals surface area contributed by atoms with Gasteiger partial charge in [0.2, 0.25) is 0 Å². The van der Waals surface area contributed by atoms with Crippen molar-refractivity contribution in [1.82, 2.24) is 5.32 Å². The molecular formula is C14H18F3NO3. The molecule has 0 unspecified atom stereocenters. The van der Waals surface area contributed by atoms with Crippen LogP contribution in [0.15, 0.2) is 24.3 Å². The number of likely N-dealkylation sites (N-methyl/N-ethyl adjacent to an activating group) is 1. The Hall–Kier alpha value is -1.76. The highest BCUT2D eigenvalue weighted by Crippen LogP contribution is 2.17. The van der Waals surface area contributed by atoms with Crippen LogP contribution in [0, 0.1) is 0 Å². The molecule has 118 valence electrons. The Morgan fingerprint density at radius 3 is 2.67 bits per heavy atom. The minimum atomic E-state index is -4.51. The van der Waals surface area contributed by atoms with Crippen LogP contribution < -0.4 is 10.1 Å². The number of ether oxygens (including phenoxy) is 2. The average Bonchev–Trinajstić information content (AvgIpc) is 2.45. The quantitative estimate of drug-likeness (QED) is 0.785. The number of nitrogens with one attached hydrogen (secondary N) is 1. The first kappa shape index (κ1) is 17.3. The zero-order valence-corrected chi connectivity index (χ0v) is 11.9. The van der Waals surface area contributed by atoms with Crippen LogP contribution in [0.2, 0.25) is 0 Å². The molecule has 1 aromatic carbocycles. The summed E-state index contributed by atoms with van der Waals surface area (Å²) in [6, 6.07) is 6.49. The third-order valence-corrected chi connectivity index (χ3v) is 2.87. The number of hydrogen-bond donors (Lipinski definition) is 1. The Bertz CT molecular complexity index is 463. The van der Waals surface area contributed by atoms with Crippen LogP contribution >= 0.6 is 0 Å². The van der Waals surface area contributed by atoms with Gasteiger partial charge in [-0.25, -0.2) is 0 Å². The predicted octanol–water partition coefficient (Wildman–Crippen LogP) is 2.32. The van der Waals surface area contributed by atoms with Gasteiger partial charge in [-0.2, -0.15) is 13.2 Å². The Morgan fingerprint density at radius 1 is 1.38 bits per heavy atom. The second-order valence-corrected chi connectivity index (χ2v) is 4.45. The molecule has 1 atom stereocenters. The summed E-state index contributed by atoms with van der Waals surface area (Å²) < 4.78 is 45.3. The number of halogens is 3. The SMILES string of the molecule is CN[C@@H](CCc1cccc(OC)c1)C(=O)OCC(F)(F)F. The first-order valence-corrected chi connectivity index (χ1v) is 6.39. The molecule has 0 saturated heterocycles. The highest BCUT2D eigenvalue weighted by atomic mass is 19.4. The first-order valence-electron chi connectivity index (χ1n) is 6.39. The molecule has 21 heavy (non-hydrogen) atoms. The standard InChI is InChI=1S/C14H18F3NO3/c1-18-12(13(19)21-9-14(15,16)17)7-6-10-4-3-5-11(8-10)20-2/h3-5,8,12,18H,6-7,9H2,1-2H3/t12-/m0/s1. The fraction of sp³-hybridized carbons (Fsp3) is 0.500. The summed E-state index contributed by atoms with van der Waals surface area (Å²) in [5.41, 5.74) is 0.929. The van der Waals surface area contributed by atoms with Crippen LogP contribution in [0.1, 0.15) is 12.0 Å². The molecule has 1 aromatic rings. The number of alkyl halides is 3. The van der Waals surface area contributed by atoms with Gasteiger partial charge in [-0.15, -0.1) is 0 Å². The van der Waals surface area contributed by atoms with Gasteiger partial charge in [0, 0.05) is 0 Å². The predicted molar refractivity (Wildman–Crippen MR) is 71.2 cm³/mol. The molecule has 0 amide bonds. The van der Waals surface area contributed by atoms with E-state index in [1.54, 1.807) is 13.2 Å². The molecule has 0 bridgehead atoms. The van der Waals surface area contributed by atoms with Crippen LogP contribution in [0.3, 0.4) is 0 Å². The molecular weight excluding hydrogens is 287 g/mol. The largest absolute Gasteiger partial charge is 0.497 e. The number of rotatable bonds is 7. The molecule has 0 saturated carbocycles. The zero-order valence-electron chi connectivity index (χ0n) is 11.9. The van der Waals surface area contributed by atoms with Crippen molar-refractivity contribution in [2.45, 2.75) is 25.1 Å². The van der Waals surface area contributed by atoms with Crippen molar-refractivity contribution < 1.29 is 27.4 Å². The summed E-state index contributed by atoms with van der Waals surface area (Å²) >= 11 is 0. The van der Waals surface area contributed by atoms with Gasteiger partial charge in [0.1, 0.15) is 11.8 Å². The van der Waals surface area contributed by atoms with E-state index in [1.165, 1.54) is 7.05 Å². The topological polar surface area (TPSA) is 47.6 Å². The number of hydrogen-bond acceptors (Lipinski definition) is 4. The molecule has 0 heterocycles. The summed E-state index contributed by atoms with van der Waals surface area (Å²) in [5, 5.41) is 2.66. The van der Waals surface area contributed by atoms with Gasteiger partial charge >= 0.3 is 12.1 Å². The number of esters is 1. The molecule has 0 aliphatic heterocycles. The normalized spacial score (nSPS) is 12.8. The summed E-state index contributed by atoms with van der Waals surface area (Å²) in [6.07, 6.45) is -3.66. The molecule has 0 aliphatic rings. The van der Waals surface area contributed by atoms with E-state index in [0.717, 1.165) is 5.56 Å². The number of benzene rings is 1. The minimum absolute atomic E-state index is 0.334. The highest BCUT2D eigenvalue weighted by molar-refractivity contribution is 5.75. The van der Waals surface area contributed by atoms with Gasteiger partial charge in [-0.3, -0.25) is 4.79 Å². The van der Waals surface area contributed by atoms with E-state index in [2.05, 4.69) is 10.1 Å². The fourth-order valence-electron chi connectivity index (χ4n) is 1.77. The average molecular weight is 305 g/mol. The van der Waals surface area contributed by atoms with Gasteiger partial charge < -0.3 is 14.8 Å². The van der Waals surface area contributed by atoms with Gasteiger partial charge in [-0.05, 0) is 37.6 Å². The van der Waals surface area contributed by atoms with E-state index in [4.69, 9.17) is 4.74 Å². The van der Waals surface area contributed by atoms with Gasteiger partial charge in [0.25, 0.3) is 0 Å². The Balaban J connectivity index is 2.51. The molecule has 1 N–H and O–H groups in total. The van der Waals surface area contributed by atoms with Crippen molar-refractivity contribution in [1.29, 1.82) is 0 Å². The van der Waals surface area contributed by atoms with Crippen LogP contribution in [0.25, 0.3) is 0 Å². The van der Waals surface area contributed by atoms with Crippen molar-refractivity contribution in [3.05, 3.63) is 29.8 Å². The Kier molecular flexibility index (Phi) is 6.48. The van der Waals surface area contributed by atoms with Crippen molar-refractivity contribution in [3.8, 4) is 5.75 Å². The van der Waals surface area contributed by atoms with Crippen LogP contribution in [-0.4, -0.2) is 39.0 Å². The lowest BCUT2D eigenvalue weighted by atomic mass is 10.1. The number of carbonyl (C=O) groups excluding carboxylic acids is 1. The van der Waals surface area contributed by atoms with Crippen molar-refractivity contribution in [2.24, 2.45) is 0 Å². The van der Waals surface area contributed by atoms with E-state index in [0.29, 0.717) is 18.6 Å². The minimum Gasteiger partial charge on any atom is -0.497 e. The lowest BCUT2D eigenvalue weighted by Crippen LogP contribution is -2.37. The van der Waals surface area contributed by atoms with E-state index >= 15 is 0 Å². The second kappa shape index (κ2) is 7.87. The molecule has 1 rings (SSSR count). The smallest absolute Gasteiger partial charge is 0.422 e. The van der Waals surface area contributed by atoms with Gasteiger partial charge in [0.15, 0.2) is 6.61 Å². The Morgan fingerprint density at radius 2 is 2.10 bits per heavy atom. The second-order valence-electron chi connectivity index (χ2n) is 4.45. The van der Waals surface area contributed by atoms with E-state index in [1.807, 2.05) is 18.2 Å². The van der Waals surface area contributed by atoms with Crippen LogP contribution in [0.4, 0.5) is 13.2 Å².